The fourth-order valence-corrected chi connectivity index (χ4v) is 5.21. The van der Waals surface area contributed by atoms with E-state index in [2.05, 4.69) is 5.32 Å². The quantitative estimate of drug-likeness (QED) is 0.678. The number of alkyl halides is 1. The molecule has 2 amide bonds. The van der Waals surface area contributed by atoms with Crippen molar-refractivity contribution in [1.82, 2.24) is 14.9 Å². The summed E-state index contributed by atoms with van der Waals surface area (Å²) in [5.41, 5.74) is -2.33. The third-order valence-electron chi connectivity index (χ3n) is 6.90. The Balaban J connectivity index is 1.50. The molecule has 0 aromatic carbocycles. The van der Waals surface area contributed by atoms with E-state index in [-0.39, 0.29) is 17.5 Å². The van der Waals surface area contributed by atoms with Crippen molar-refractivity contribution in [2.75, 3.05) is 24.6 Å². The number of carbonyl (C=O) groups is 2. The van der Waals surface area contributed by atoms with Gasteiger partial charge in [-0.05, 0) is 13.0 Å². The number of nitrogens with zero attached hydrogens (tertiary/aromatic N) is 3. The summed E-state index contributed by atoms with van der Waals surface area (Å²) in [5, 5.41) is 14.7. The molecule has 2 aliphatic carbocycles. The summed E-state index contributed by atoms with van der Waals surface area (Å²) in [7, 11) is 0. The van der Waals surface area contributed by atoms with E-state index in [1.165, 1.54) is 10.9 Å². The van der Waals surface area contributed by atoms with E-state index in [4.69, 9.17) is 0 Å². The number of hydrogen-bond donors (Lipinski definition) is 2. The van der Waals surface area contributed by atoms with Gasteiger partial charge in [0, 0.05) is 49.7 Å². The van der Waals surface area contributed by atoms with Crippen LogP contribution < -0.4 is 15.8 Å². The number of pyridine rings is 1. The van der Waals surface area contributed by atoms with Gasteiger partial charge >= 0.3 is 0 Å². The number of hydrogen-bond acceptors (Lipinski definition) is 5. The summed E-state index contributed by atoms with van der Waals surface area (Å²) < 4.78 is 42.6. The van der Waals surface area contributed by atoms with Crippen molar-refractivity contribution in [2.24, 2.45) is 11.8 Å². The van der Waals surface area contributed by atoms with Gasteiger partial charge in [0.05, 0.1) is 0 Å². The number of nitrogens with one attached hydrogen (secondary N) is 1. The predicted octanol–water partition coefficient (Wildman–Crippen LogP) is 2.21. The molecule has 184 valence electrons. The van der Waals surface area contributed by atoms with Crippen LogP contribution in [-0.2, 0) is 0 Å². The van der Waals surface area contributed by atoms with Crippen LogP contribution in [0.1, 0.15) is 34.2 Å². The van der Waals surface area contributed by atoms with Crippen molar-refractivity contribution in [3.05, 3.63) is 75.3 Å². The zero-order chi connectivity index (χ0) is 25.0. The molecule has 3 unspecified atom stereocenters. The van der Waals surface area contributed by atoms with Crippen LogP contribution in [0.15, 0.2) is 58.6 Å². The first-order valence-electron chi connectivity index (χ1n) is 11.3. The first-order valence-corrected chi connectivity index (χ1v) is 11.3. The SMILES string of the molecule is CCN1C(=O)c2c(O)c(=O)c(C(=O)NCC3=C(F)CC(F)C=C3F)cn2N2CC3C=CC=CC3[C@@H]12. The summed E-state index contributed by atoms with van der Waals surface area (Å²) in [6.45, 7) is 2.00. The largest absolute Gasteiger partial charge is 0.502 e. The lowest BCUT2D eigenvalue weighted by Crippen LogP contribution is -2.60. The number of halogens is 3. The number of aromatic hydroxyl groups is 1. The number of fused-ring (bicyclic) bond motifs is 5. The Morgan fingerprint density at radius 1 is 1.23 bits per heavy atom. The highest BCUT2D eigenvalue weighted by molar-refractivity contribution is 5.99. The maximum absolute atomic E-state index is 14.0. The minimum Gasteiger partial charge on any atom is -0.502 e. The van der Waals surface area contributed by atoms with Crippen LogP contribution in [-0.4, -0.2) is 58.5 Å². The minimum atomic E-state index is -1.79. The Morgan fingerprint density at radius 3 is 2.69 bits per heavy atom. The van der Waals surface area contributed by atoms with Crippen LogP contribution in [0.25, 0.3) is 0 Å². The number of rotatable bonds is 4. The average Bonchev–Trinajstić information content (AvgIpc) is 3.20. The molecule has 5 rings (SSSR count). The van der Waals surface area contributed by atoms with Crippen molar-refractivity contribution >= 4 is 11.8 Å². The molecule has 3 heterocycles. The smallest absolute Gasteiger partial charge is 0.278 e. The van der Waals surface area contributed by atoms with E-state index in [1.807, 2.05) is 29.3 Å². The van der Waals surface area contributed by atoms with E-state index in [0.717, 1.165) is 0 Å². The lowest BCUT2D eigenvalue weighted by Gasteiger charge is -2.44. The van der Waals surface area contributed by atoms with Crippen molar-refractivity contribution in [3.8, 4) is 5.75 Å². The fourth-order valence-electron chi connectivity index (χ4n) is 5.21. The topological polar surface area (TPSA) is 94.9 Å². The summed E-state index contributed by atoms with van der Waals surface area (Å²) in [6, 6.07) is 0. The first-order chi connectivity index (χ1) is 16.7. The molecular formula is C24H23F3N4O4. The van der Waals surface area contributed by atoms with Gasteiger partial charge in [-0.2, -0.15) is 0 Å². The van der Waals surface area contributed by atoms with Crippen LogP contribution in [0.3, 0.4) is 0 Å². The molecular weight excluding hydrogens is 465 g/mol. The van der Waals surface area contributed by atoms with Crippen LogP contribution in [0.4, 0.5) is 13.2 Å². The van der Waals surface area contributed by atoms with Crippen molar-refractivity contribution < 1.29 is 27.9 Å². The Hall–Kier alpha value is -3.76. The molecule has 0 spiro atoms. The number of carbonyl (C=O) groups excluding carboxylic acids is 2. The van der Waals surface area contributed by atoms with E-state index in [0.29, 0.717) is 19.2 Å². The van der Waals surface area contributed by atoms with E-state index >= 15 is 0 Å². The zero-order valence-electron chi connectivity index (χ0n) is 18.7. The van der Waals surface area contributed by atoms with Gasteiger partial charge in [0.15, 0.2) is 11.4 Å². The Labute approximate surface area is 198 Å². The van der Waals surface area contributed by atoms with Crippen LogP contribution in [0.2, 0.25) is 0 Å². The number of amides is 2. The van der Waals surface area contributed by atoms with Gasteiger partial charge in [0.1, 0.15) is 29.6 Å². The molecule has 0 bridgehead atoms. The fraction of sp³-hybridized carbons (Fsp3) is 0.375. The van der Waals surface area contributed by atoms with E-state index in [9.17, 15) is 32.7 Å². The molecule has 4 aliphatic rings. The normalized spacial score (nSPS) is 27.0. The van der Waals surface area contributed by atoms with Gasteiger partial charge in [-0.1, -0.05) is 24.3 Å². The lowest BCUT2D eigenvalue weighted by atomic mass is 9.89. The van der Waals surface area contributed by atoms with Crippen molar-refractivity contribution in [1.29, 1.82) is 0 Å². The number of aromatic nitrogens is 1. The molecule has 35 heavy (non-hydrogen) atoms. The molecule has 0 radical (unpaired) electrons. The zero-order valence-corrected chi connectivity index (χ0v) is 18.7. The van der Waals surface area contributed by atoms with Crippen LogP contribution in [0, 0.1) is 11.8 Å². The molecule has 1 aromatic rings. The third kappa shape index (κ3) is 3.57. The first kappa shape index (κ1) is 23.0. The van der Waals surface area contributed by atoms with Gasteiger partial charge in [0.2, 0.25) is 5.43 Å². The molecule has 2 N–H and O–H groups in total. The summed E-state index contributed by atoms with van der Waals surface area (Å²) in [6.07, 6.45) is 6.80. The van der Waals surface area contributed by atoms with Crippen molar-refractivity contribution in [3.63, 3.8) is 0 Å². The maximum atomic E-state index is 14.0. The average molecular weight is 488 g/mol. The van der Waals surface area contributed by atoms with E-state index < -0.39 is 71.1 Å². The highest BCUT2D eigenvalue weighted by Gasteiger charge is 2.49. The molecule has 2 aliphatic heterocycles. The van der Waals surface area contributed by atoms with Gasteiger partial charge in [-0.15, -0.1) is 0 Å². The number of allylic oxidation sites excluding steroid dienone is 4. The van der Waals surface area contributed by atoms with Gasteiger partial charge in [-0.3, -0.25) is 24.1 Å². The van der Waals surface area contributed by atoms with Crippen LogP contribution in [0.5, 0.6) is 5.75 Å². The van der Waals surface area contributed by atoms with Crippen LogP contribution >= 0.6 is 0 Å². The van der Waals surface area contributed by atoms with Crippen molar-refractivity contribution in [2.45, 2.75) is 25.7 Å². The second kappa shape index (κ2) is 8.47. The Bertz CT molecular complexity index is 1300. The highest BCUT2D eigenvalue weighted by Crippen LogP contribution is 2.39. The molecule has 1 aromatic heterocycles. The second-order valence-corrected chi connectivity index (χ2v) is 8.85. The Kier molecular flexibility index (Phi) is 5.57. The predicted molar refractivity (Wildman–Crippen MR) is 120 cm³/mol. The molecule has 1 saturated heterocycles. The summed E-state index contributed by atoms with van der Waals surface area (Å²) in [5.74, 6) is -4.51. The molecule has 0 saturated carbocycles. The maximum Gasteiger partial charge on any atom is 0.278 e. The standard InChI is InChI=1S/C24H23F3N4O4/c1-2-29-23-14-6-4-3-5-12(14)10-31(23)30-11-16(20(32)21(33)19(30)24(29)35)22(34)28-9-15-17(26)7-13(25)8-18(15)27/h3-7,11-14,23,33H,2,8-10H2,1H3,(H,28,34)/t12?,13?,14?,23-/m0/s1. The summed E-state index contributed by atoms with van der Waals surface area (Å²) in [4.78, 5) is 40.5. The van der Waals surface area contributed by atoms with Gasteiger partial charge in [-0.25, -0.2) is 13.2 Å². The third-order valence-corrected chi connectivity index (χ3v) is 6.90. The van der Waals surface area contributed by atoms with Gasteiger partial charge in [0.25, 0.3) is 11.8 Å². The highest BCUT2D eigenvalue weighted by atomic mass is 19.2. The second-order valence-electron chi connectivity index (χ2n) is 8.85. The monoisotopic (exact) mass is 488 g/mol. The van der Waals surface area contributed by atoms with E-state index in [1.54, 1.807) is 11.8 Å². The molecule has 1 fully saturated rings. The minimum absolute atomic E-state index is 0.0220. The lowest BCUT2D eigenvalue weighted by molar-refractivity contribution is 0.0568. The summed E-state index contributed by atoms with van der Waals surface area (Å²) >= 11 is 0. The Morgan fingerprint density at radius 2 is 1.97 bits per heavy atom. The van der Waals surface area contributed by atoms with Gasteiger partial charge < -0.3 is 15.3 Å². The molecule has 11 heteroatoms. The molecule has 8 nitrogen and oxygen atoms in total. The molecule has 4 atom stereocenters.